The van der Waals surface area contributed by atoms with Crippen molar-refractivity contribution in [3.05, 3.63) is 53.6 Å². The summed E-state index contributed by atoms with van der Waals surface area (Å²) in [5.74, 6) is 0.843. The lowest BCUT2D eigenvalue weighted by atomic mass is 10.2. The standard InChI is InChI=1S/C15H11ClFN3O/c1-21-10-3-5-14-11(7-10)15(19-8-18-14)20-9-2-4-13(17)12(16)6-9/h2-8H,1H3,(H,18,19,20). The molecule has 0 bridgehead atoms. The molecule has 3 aromatic rings. The van der Waals surface area contributed by atoms with Crippen molar-refractivity contribution in [1.82, 2.24) is 9.97 Å². The van der Waals surface area contributed by atoms with E-state index in [9.17, 15) is 4.39 Å². The smallest absolute Gasteiger partial charge is 0.141 e. The molecule has 0 aliphatic carbocycles. The second kappa shape index (κ2) is 5.54. The molecule has 0 amide bonds. The minimum Gasteiger partial charge on any atom is -0.497 e. The molecule has 0 saturated heterocycles. The van der Waals surface area contributed by atoms with E-state index < -0.39 is 5.82 Å². The highest BCUT2D eigenvalue weighted by Gasteiger charge is 2.07. The lowest BCUT2D eigenvalue weighted by molar-refractivity contribution is 0.415. The number of ether oxygens (including phenoxy) is 1. The summed E-state index contributed by atoms with van der Waals surface area (Å²) in [5.41, 5.74) is 1.42. The van der Waals surface area contributed by atoms with Crippen LogP contribution in [0.3, 0.4) is 0 Å². The summed E-state index contributed by atoms with van der Waals surface area (Å²) >= 11 is 5.78. The monoisotopic (exact) mass is 303 g/mol. The molecule has 2 aromatic carbocycles. The number of halogens is 2. The fourth-order valence-electron chi connectivity index (χ4n) is 1.97. The van der Waals surface area contributed by atoms with Gasteiger partial charge in [0.15, 0.2) is 0 Å². The van der Waals surface area contributed by atoms with Gasteiger partial charge in [-0.3, -0.25) is 0 Å². The number of nitrogens with zero attached hydrogens (tertiary/aromatic N) is 2. The largest absolute Gasteiger partial charge is 0.497 e. The predicted molar refractivity (Wildman–Crippen MR) is 80.8 cm³/mol. The van der Waals surface area contributed by atoms with Crippen LogP contribution in [-0.2, 0) is 0 Å². The molecule has 21 heavy (non-hydrogen) atoms. The van der Waals surface area contributed by atoms with Crippen molar-refractivity contribution < 1.29 is 9.13 Å². The van der Waals surface area contributed by atoms with Crippen LogP contribution < -0.4 is 10.1 Å². The van der Waals surface area contributed by atoms with E-state index in [4.69, 9.17) is 16.3 Å². The lowest BCUT2D eigenvalue weighted by Gasteiger charge is -2.09. The quantitative estimate of drug-likeness (QED) is 0.788. The van der Waals surface area contributed by atoms with Gasteiger partial charge in [0.2, 0.25) is 0 Å². The molecule has 0 fully saturated rings. The van der Waals surface area contributed by atoms with Crippen molar-refractivity contribution in [1.29, 1.82) is 0 Å². The van der Waals surface area contributed by atoms with Crippen LogP contribution in [0.5, 0.6) is 5.75 Å². The van der Waals surface area contributed by atoms with Gasteiger partial charge >= 0.3 is 0 Å². The van der Waals surface area contributed by atoms with Gasteiger partial charge in [-0.1, -0.05) is 11.6 Å². The second-order valence-corrected chi connectivity index (χ2v) is 4.77. The van der Waals surface area contributed by atoms with Gasteiger partial charge < -0.3 is 10.1 Å². The zero-order valence-electron chi connectivity index (χ0n) is 11.1. The van der Waals surface area contributed by atoms with Crippen LogP contribution in [0.2, 0.25) is 5.02 Å². The average Bonchev–Trinajstić information content (AvgIpc) is 2.51. The molecular weight excluding hydrogens is 293 g/mol. The lowest BCUT2D eigenvalue weighted by Crippen LogP contribution is -1.97. The Bertz CT molecular complexity index is 810. The number of anilines is 2. The van der Waals surface area contributed by atoms with Crippen molar-refractivity contribution in [3.8, 4) is 5.75 Å². The molecule has 1 N–H and O–H groups in total. The maximum Gasteiger partial charge on any atom is 0.141 e. The molecule has 4 nitrogen and oxygen atoms in total. The molecule has 3 rings (SSSR count). The van der Waals surface area contributed by atoms with Gasteiger partial charge in [-0.2, -0.15) is 0 Å². The van der Waals surface area contributed by atoms with Gasteiger partial charge in [-0.25, -0.2) is 14.4 Å². The zero-order valence-corrected chi connectivity index (χ0v) is 11.9. The van der Waals surface area contributed by atoms with E-state index in [1.165, 1.54) is 18.5 Å². The number of nitrogens with one attached hydrogen (secondary N) is 1. The summed E-state index contributed by atoms with van der Waals surface area (Å²) < 4.78 is 18.4. The van der Waals surface area contributed by atoms with Gasteiger partial charge in [0.1, 0.15) is 23.7 Å². The van der Waals surface area contributed by atoms with Gasteiger partial charge in [0.25, 0.3) is 0 Å². The first-order valence-corrected chi connectivity index (χ1v) is 6.56. The second-order valence-electron chi connectivity index (χ2n) is 4.36. The summed E-state index contributed by atoms with van der Waals surface area (Å²) in [6, 6.07) is 9.91. The van der Waals surface area contributed by atoms with Crippen molar-refractivity contribution in [2.24, 2.45) is 0 Å². The fourth-order valence-corrected chi connectivity index (χ4v) is 2.15. The maximum atomic E-state index is 13.2. The van der Waals surface area contributed by atoms with E-state index in [-0.39, 0.29) is 5.02 Å². The van der Waals surface area contributed by atoms with Crippen LogP contribution >= 0.6 is 11.6 Å². The van der Waals surface area contributed by atoms with E-state index >= 15 is 0 Å². The third-order valence-electron chi connectivity index (χ3n) is 3.02. The van der Waals surface area contributed by atoms with E-state index in [1.807, 2.05) is 18.2 Å². The number of fused-ring (bicyclic) bond motifs is 1. The van der Waals surface area contributed by atoms with Crippen molar-refractivity contribution in [2.75, 3.05) is 12.4 Å². The summed E-state index contributed by atoms with van der Waals surface area (Å²) in [5, 5.41) is 3.96. The minimum atomic E-state index is -0.462. The molecule has 1 aromatic heterocycles. The average molecular weight is 304 g/mol. The summed E-state index contributed by atoms with van der Waals surface area (Å²) in [7, 11) is 1.60. The topological polar surface area (TPSA) is 47.0 Å². The molecule has 0 unspecified atom stereocenters. The molecule has 0 saturated carbocycles. The van der Waals surface area contributed by atoms with Crippen LogP contribution in [0.4, 0.5) is 15.9 Å². The third kappa shape index (κ3) is 2.73. The van der Waals surface area contributed by atoms with E-state index in [0.717, 1.165) is 10.9 Å². The first kappa shape index (κ1) is 13.6. The Morgan fingerprint density at radius 2 is 2.00 bits per heavy atom. The molecular formula is C15H11ClFN3O. The van der Waals surface area contributed by atoms with Crippen molar-refractivity contribution in [2.45, 2.75) is 0 Å². The predicted octanol–water partition coefficient (Wildman–Crippen LogP) is 4.17. The normalized spacial score (nSPS) is 10.6. The number of methoxy groups -OCH3 is 1. The summed E-state index contributed by atoms with van der Waals surface area (Å²) in [6.45, 7) is 0. The van der Waals surface area contributed by atoms with Gasteiger partial charge in [-0.05, 0) is 36.4 Å². The Hall–Kier alpha value is -2.40. The van der Waals surface area contributed by atoms with Crippen LogP contribution in [0.1, 0.15) is 0 Å². The fraction of sp³-hybridized carbons (Fsp3) is 0.0667. The highest BCUT2D eigenvalue weighted by Crippen LogP contribution is 2.28. The van der Waals surface area contributed by atoms with Gasteiger partial charge in [-0.15, -0.1) is 0 Å². The zero-order chi connectivity index (χ0) is 14.8. The molecule has 0 spiro atoms. The molecule has 0 aliphatic heterocycles. The molecule has 1 heterocycles. The van der Waals surface area contributed by atoms with E-state index in [0.29, 0.717) is 17.3 Å². The van der Waals surface area contributed by atoms with Crippen LogP contribution in [-0.4, -0.2) is 17.1 Å². The van der Waals surface area contributed by atoms with Gasteiger partial charge in [0.05, 0.1) is 17.6 Å². The Labute approximate surface area is 125 Å². The van der Waals surface area contributed by atoms with Crippen LogP contribution in [0.15, 0.2) is 42.7 Å². The summed E-state index contributed by atoms with van der Waals surface area (Å²) in [4.78, 5) is 8.41. The van der Waals surface area contributed by atoms with Crippen LogP contribution in [0, 0.1) is 5.82 Å². The summed E-state index contributed by atoms with van der Waals surface area (Å²) in [6.07, 6.45) is 1.46. The Morgan fingerprint density at radius 3 is 2.76 bits per heavy atom. The Kier molecular flexibility index (Phi) is 3.58. The first-order valence-electron chi connectivity index (χ1n) is 6.18. The van der Waals surface area contributed by atoms with E-state index in [2.05, 4.69) is 15.3 Å². The molecule has 0 atom stereocenters. The highest BCUT2D eigenvalue weighted by molar-refractivity contribution is 6.31. The van der Waals surface area contributed by atoms with Gasteiger partial charge in [0, 0.05) is 11.1 Å². The molecule has 0 aliphatic rings. The Balaban J connectivity index is 2.05. The SMILES string of the molecule is COc1ccc2ncnc(Nc3ccc(F)c(Cl)c3)c2c1. The number of benzene rings is 2. The molecule has 6 heteroatoms. The van der Waals surface area contributed by atoms with Crippen molar-refractivity contribution >= 4 is 34.0 Å². The highest BCUT2D eigenvalue weighted by atomic mass is 35.5. The maximum absolute atomic E-state index is 13.2. The number of aromatic nitrogens is 2. The number of hydrogen-bond acceptors (Lipinski definition) is 4. The molecule has 0 radical (unpaired) electrons. The van der Waals surface area contributed by atoms with Crippen LogP contribution in [0.25, 0.3) is 10.9 Å². The number of hydrogen-bond donors (Lipinski definition) is 1. The first-order chi connectivity index (χ1) is 10.2. The number of rotatable bonds is 3. The Morgan fingerprint density at radius 1 is 1.14 bits per heavy atom. The molecule has 106 valence electrons. The van der Waals surface area contributed by atoms with E-state index in [1.54, 1.807) is 13.2 Å². The van der Waals surface area contributed by atoms with Crippen molar-refractivity contribution in [3.63, 3.8) is 0 Å². The minimum absolute atomic E-state index is 0.0518. The third-order valence-corrected chi connectivity index (χ3v) is 3.31.